The number of hydrazone groups is 1. The predicted octanol–water partition coefficient (Wildman–Crippen LogP) is 1.73. The normalized spacial score (nSPS) is 17.0. The fourth-order valence-corrected chi connectivity index (χ4v) is 3.85. The van der Waals surface area contributed by atoms with E-state index < -0.39 is 0 Å². The molecule has 0 N–H and O–H groups in total. The van der Waals surface area contributed by atoms with Gasteiger partial charge >= 0.3 is 0 Å². The highest BCUT2D eigenvalue weighted by atomic mass is 16.2. The number of likely N-dealkylation sites (tertiary alicyclic amines) is 1. The molecule has 4 rings (SSSR count). The largest absolute Gasteiger partial charge is 0.343 e. The van der Waals surface area contributed by atoms with Gasteiger partial charge in [-0.15, -0.1) is 5.10 Å². The van der Waals surface area contributed by atoms with Gasteiger partial charge in [0.15, 0.2) is 0 Å². The van der Waals surface area contributed by atoms with Gasteiger partial charge in [-0.25, -0.2) is 14.7 Å². The molecule has 0 unspecified atom stereocenters. The van der Waals surface area contributed by atoms with E-state index >= 15 is 0 Å². The molecule has 1 aromatic carbocycles. The van der Waals surface area contributed by atoms with Gasteiger partial charge < -0.3 is 4.90 Å². The molecule has 1 saturated heterocycles. The Morgan fingerprint density at radius 3 is 2.50 bits per heavy atom. The number of hydrogen-bond donors (Lipinski definition) is 0. The number of piperidine rings is 1. The first-order valence-electron chi connectivity index (χ1n) is 10.2. The lowest BCUT2D eigenvalue weighted by atomic mass is 10.0. The van der Waals surface area contributed by atoms with Gasteiger partial charge in [0.2, 0.25) is 11.8 Å². The third-order valence-electron chi connectivity index (χ3n) is 5.55. The molecule has 154 valence electrons. The van der Waals surface area contributed by atoms with Crippen molar-refractivity contribution in [2.24, 2.45) is 5.10 Å². The number of carbonyl (C=O) groups is 2. The highest BCUT2D eigenvalue weighted by molar-refractivity contribution is 6.02. The summed E-state index contributed by atoms with van der Waals surface area (Å²) in [5.74, 6) is 0.0346. The minimum absolute atomic E-state index is 0.00966. The average Bonchev–Trinajstić information content (AvgIpc) is 3.48. The molecular weight excluding hydrogens is 382 g/mol. The number of rotatable bonds is 5. The summed E-state index contributed by atoms with van der Waals surface area (Å²) in [6.45, 7) is 1.78. The van der Waals surface area contributed by atoms with Gasteiger partial charge in [-0.1, -0.05) is 30.3 Å². The molecule has 1 fully saturated rings. The van der Waals surface area contributed by atoms with E-state index in [-0.39, 0.29) is 36.5 Å². The molecule has 2 aliphatic heterocycles. The quantitative estimate of drug-likeness (QED) is 0.753. The highest BCUT2D eigenvalue weighted by Gasteiger charge is 2.26. The Morgan fingerprint density at radius 2 is 1.80 bits per heavy atom. The Bertz CT molecular complexity index is 984. The van der Waals surface area contributed by atoms with Crippen molar-refractivity contribution in [2.45, 2.75) is 38.1 Å². The molecule has 0 radical (unpaired) electrons. The number of nitriles is 1. The second-order valence-corrected chi connectivity index (χ2v) is 7.45. The second-order valence-electron chi connectivity index (χ2n) is 7.45. The summed E-state index contributed by atoms with van der Waals surface area (Å²) in [4.78, 5) is 30.8. The lowest BCUT2D eigenvalue weighted by molar-refractivity contribution is -0.137. The first-order chi connectivity index (χ1) is 14.6. The van der Waals surface area contributed by atoms with Crippen LogP contribution in [0, 0.1) is 11.3 Å². The van der Waals surface area contributed by atoms with E-state index in [1.807, 2.05) is 36.4 Å². The number of aromatic nitrogens is 3. The second kappa shape index (κ2) is 8.86. The molecule has 0 atom stereocenters. The number of carbonyl (C=O) groups excluding carboxylic acids is 2. The van der Waals surface area contributed by atoms with Crippen LogP contribution in [0.2, 0.25) is 0 Å². The minimum atomic E-state index is -0.115. The highest BCUT2D eigenvalue weighted by Crippen LogP contribution is 2.22. The molecule has 3 heterocycles. The van der Waals surface area contributed by atoms with Gasteiger partial charge in [0.1, 0.15) is 12.4 Å². The van der Waals surface area contributed by atoms with Crippen LogP contribution in [-0.2, 0) is 9.59 Å². The molecule has 2 amide bonds. The van der Waals surface area contributed by atoms with Crippen LogP contribution in [0.3, 0.4) is 0 Å². The van der Waals surface area contributed by atoms with Crippen LogP contribution in [0.15, 0.2) is 41.8 Å². The first kappa shape index (κ1) is 19.8. The summed E-state index contributed by atoms with van der Waals surface area (Å²) in [5, 5.41) is 18.9. The van der Waals surface area contributed by atoms with Gasteiger partial charge in [0, 0.05) is 32.4 Å². The van der Waals surface area contributed by atoms with Crippen LogP contribution in [0.1, 0.15) is 49.5 Å². The molecule has 9 nitrogen and oxygen atoms in total. The van der Waals surface area contributed by atoms with Crippen molar-refractivity contribution >= 4 is 17.5 Å². The average molecular weight is 405 g/mol. The van der Waals surface area contributed by atoms with Crippen LogP contribution in [0.25, 0.3) is 0 Å². The van der Waals surface area contributed by atoms with Crippen LogP contribution >= 0.6 is 0 Å². The van der Waals surface area contributed by atoms with Crippen molar-refractivity contribution in [3.8, 4) is 6.07 Å². The summed E-state index contributed by atoms with van der Waals surface area (Å²) < 4.78 is 1.71. The van der Waals surface area contributed by atoms with Crippen LogP contribution in [-0.4, -0.2) is 61.8 Å². The molecule has 0 aliphatic carbocycles. The molecule has 1 aromatic heterocycles. The molecular formula is C21H23N7O2. The third kappa shape index (κ3) is 4.38. The topological polar surface area (TPSA) is 107 Å². The van der Waals surface area contributed by atoms with Crippen molar-refractivity contribution in [2.75, 3.05) is 19.6 Å². The van der Waals surface area contributed by atoms with E-state index in [4.69, 9.17) is 5.26 Å². The van der Waals surface area contributed by atoms with Crippen molar-refractivity contribution in [3.63, 3.8) is 0 Å². The maximum Gasteiger partial charge on any atom is 0.252 e. The van der Waals surface area contributed by atoms with E-state index in [1.54, 1.807) is 15.9 Å². The van der Waals surface area contributed by atoms with Gasteiger partial charge in [0.05, 0.1) is 18.3 Å². The maximum atomic E-state index is 12.5. The molecule has 0 bridgehead atoms. The van der Waals surface area contributed by atoms with Crippen molar-refractivity contribution in [3.05, 3.63) is 48.0 Å². The third-order valence-corrected chi connectivity index (χ3v) is 5.55. The zero-order valence-electron chi connectivity index (χ0n) is 16.6. The summed E-state index contributed by atoms with van der Waals surface area (Å²) >= 11 is 0. The summed E-state index contributed by atoms with van der Waals surface area (Å²) in [5.41, 5.74) is 1.94. The Kier molecular flexibility index (Phi) is 5.84. The molecule has 0 spiro atoms. The standard InChI is InChI=1S/C21H23N7O2/c22-14-19-23-15-28(25-19)17-8-11-26(12-9-17)20(29)6-7-21(30)27-13-10-18(24-27)16-4-2-1-3-5-16/h1-5,15,17H,6-13H2. The fraction of sp³-hybridized carbons (Fsp3) is 0.429. The van der Waals surface area contributed by atoms with Gasteiger partial charge in [0.25, 0.3) is 5.82 Å². The van der Waals surface area contributed by atoms with Crippen LogP contribution in [0.4, 0.5) is 0 Å². The van der Waals surface area contributed by atoms with E-state index in [9.17, 15) is 9.59 Å². The fourth-order valence-electron chi connectivity index (χ4n) is 3.85. The van der Waals surface area contributed by atoms with E-state index in [0.717, 1.165) is 30.5 Å². The van der Waals surface area contributed by atoms with Crippen molar-refractivity contribution < 1.29 is 9.59 Å². The zero-order chi connectivity index (χ0) is 20.9. The SMILES string of the molecule is N#Cc1ncn(C2CCN(C(=O)CCC(=O)N3CCC(c4ccccc4)=N3)CC2)n1. The van der Waals surface area contributed by atoms with E-state index in [1.165, 1.54) is 5.01 Å². The number of nitrogens with zero attached hydrogens (tertiary/aromatic N) is 7. The molecule has 0 saturated carbocycles. The zero-order valence-corrected chi connectivity index (χ0v) is 16.6. The van der Waals surface area contributed by atoms with E-state index in [2.05, 4.69) is 15.2 Å². The summed E-state index contributed by atoms with van der Waals surface area (Å²) in [6, 6.07) is 11.9. The van der Waals surface area contributed by atoms with Crippen molar-refractivity contribution in [1.29, 1.82) is 5.26 Å². The molecule has 30 heavy (non-hydrogen) atoms. The molecule has 2 aromatic rings. The molecule has 9 heteroatoms. The monoisotopic (exact) mass is 405 g/mol. The number of amides is 2. The van der Waals surface area contributed by atoms with Gasteiger partial charge in [-0.05, 0) is 18.4 Å². The maximum absolute atomic E-state index is 12.5. The smallest absolute Gasteiger partial charge is 0.252 e. The van der Waals surface area contributed by atoms with Crippen LogP contribution in [0.5, 0.6) is 0 Å². The lowest BCUT2D eigenvalue weighted by Crippen LogP contribution is -2.39. The molecule has 2 aliphatic rings. The minimum Gasteiger partial charge on any atom is -0.343 e. The Balaban J connectivity index is 1.24. The van der Waals surface area contributed by atoms with Gasteiger partial charge in [-0.2, -0.15) is 10.4 Å². The van der Waals surface area contributed by atoms with Crippen LogP contribution < -0.4 is 0 Å². The summed E-state index contributed by atoms with van der Waals surface area (Å²) in [7, 11) is 0. The number of benzene rings is 1. The van der Waals surface area contributed by atoms with Gasteiger partial charge in [-0.3, -0.25) is 9.59 Å². The Labute approximate surface area is 174 Å². The Hall–Kier alpha value is -3.54. The summed E-state index contributed by atoms with van der Waals surface area (Å²) in [6.07, 6.45) is 4.17. The predicted molar refractivity (Wildman–Crippen MR) is 108 cm³/mol. The number of hydrogen-bond acceptors (Lipinski definition) is 6. The lowest BCUT2D eigenvalue weighted by Gasteiger charge is -2.32. The van der Waals surface area contributed by atoms with E-state index in [0.29, 0.717) is 19.6 Å². The first-order valence-corrected chi connectivity index (χ1v) is 10.2. The van der Waals surface area contributed by atoms with Crippen molar-refractivity contribution in [1.82, 2.24) is 24.7 Å². The Morgan fingerprint density at radius 1 is 1.07 bits per heavy atom.